The summed E-state index contributed by atoms with van der Waals surface area (Å²) in [4.78, 5) is 18.0. The van der Waals surface area contributed by atoms with E-state index in [0.29, 0.717) is 30.2 Å². The van der Waals surface area contributed by atoms with Gasteiger partial charge < -0.3 is 14.7 Å². The molecule has 1 fully saturated rings. The summed E-state index contributed by atoms with van der Waals surface area (Å²) in [7, 11) is 0. The lowest BCUT2D eigenvalue weighted by molar-refractivity contribution is 0.0701. The third kappa shape index (κ3) is 2.42. The second-order valence-electron chi connectivity index (χ2n) is 4.05. The molecule has 0 bridgehead atoms. The smallest absolute Gasteiger partial charge is 0.347 e. The van der Waals surface area contributed by atoms with Crippen LogP contribution in [0.25, 0.3) is 0 Å². The van der Waals surface area contributed by atoms with Crippen molar-refractivity contribution in [1.82, 2.24) is 4.98 Å². The number of anilines is 1. The highest BCUT2D eigenvalue weighted by Gasteiger charge is 2.25. The molecule has 0 amide bonds. The number of ether oxygens (including phenoxy) is 1. The average Bonchev–Trinajstić information content (AvgIpc) is 2.73. The molecule has 2 rings (SSSR count). The minimum atomic E-state index is -0.883. The Labute approximate surface area is 104 Å². The van der Waals surface area contributed by atoms with Gasteiger partial charge in [0, 0.05) is 6.54 Å². The number of thiazole rings is 1. The van der Waals surface area contributed by atoms with Crippen LogP contribution in [0.1, 0.15) is 29.2 Å². The van der Waals surface area contributed by atoms with Gasteiger partial charge in [0.1, 0.15) is 4.88 Å². The number of aromatic carboxylic acids is 1. The van der Waals surface area contributed by atoms with Gasteiger partial charge in [0.2, 0.25) is 0 Å². The summed E-state index contributed by atoms with van der Waals surface area (Å²) in [6.45, 7) is 6.11. The number of aryl methyl sites for hydroxylation is 1. The maximum Gasteiger partial charge on any atom is 0.347 e. The molecular formula is C11H16N2O3S. The first-order valence-electron chi connectivity index (χ1n) is 5.70. The molecule has 17 heavy (non-hydrogen) atoms. The number of morpholine rings is 1. The van der Waals surface area contributed by atoms with Gasteiger partial charge in [-0.05, 0) is 13.3 Å². The monoisotopic (exact) mass is 256 g/mol. The number of hydrogen-bond acceptors (Lipinski definition) is 5. The fourth-order valence-electron chi connectivity index (χ4n) is 1.88. The molecule has 1 saturated heterocycles. The predicted molar refractivity (Wildman–Crippen MR) is 66.1 cm³/mol. The van der Waals surface area contributed by atoms with Crippen LogP contribution in [0.4, 0.5) is 5.13 Å². The quantitative estimate of drug-likeness (QED) is 0.890. The van der Waals surface area contributed by atoms with Gasteiger partial charge in [-0.15, -0.1) is 0 Å². The normalized spacial score (nSPS) is 20.6. The summed E-state index contributed by atoms with van der Waals surface area (Å²) in [5, 5.41) is 9.90. The van der Waals surface area contributed by atoms with E-state index in [1.807, 2.05) is 6.92 Å². The van der Waals surface area contributed by atoms with Crippen molar-refractivity contribution in [2.75, 3.05) is 24.7 Å². The molecule has 6 heteroatoms. The minimum Gasteiger partial charge on any atom is -0.477 e. The Morgan fingerprint density at radius 3 is 3.00 bits per heavy atom. The summed E-state index contributed by atoms with van der Waals surface area (Å²) >= 11 is 1.26. The van der Waals surface area contributed by atoms with Crippen molar-refractivity contribution >= 4 is 22.4 Å². The number of hydrogen-bond donors (Lipinski definition) is 1. The van der Waals surface area contributed by atoms with E-state index in [0.717, 1.165) is 11.7 Å². The Morgan fingerprint density at radius 1 is 1.71 bits per heavy atom. The molecule has 0 aliphatic carbocycles. The summed E-state index contributed by atoms with van der Waals surface area (Å²) < 4.78 is 5.36. The van der Waals surface area contributed by atoms with Crippen molar-refractivity contribution in [3.05, 3.63) is 10.6 Å². The Morgan fingerprint density at radius 2 is 2.47 bits per heavy atom. The zero-order valence-corrected chi connectivity index (χ0v) is 10.8. The van der Waals surface area contributed by atoms with Gasteiger partial charge in [-0.2, -0.15) is 0 Å². The molecule has 94 valence electrons. The highest BCUT2D eigenvalue weighted by Crippen LogP contribution is 2.29. The van der Waals surface area contributed by atoms with Gasteiger partial charge in [0.15, 0.2) is 5.13 Å². The molecule has 0 spiro atoms. The largest absolute Gasteiger partial charge is 0.477 e. The van der Waals surface area contributed by atoms with Crippen LogP contribution < -0.4 is 4.90 Å². The van der Waals surface area contributed by atoms with Crippen LogP contribution in [-0.4, -0.2) is 41.9 Å². The van der Waals surface area contributed by atoms with Gasteiger partial charge in [-0.25, -0.2) is 9.78 Å². The molecule has 0 radical (unpaired) electrons. The number of aromatic nitrogens is 1. The maximum atomic E-state index is 11.1. The highest BCUT2D eigenvalue weighted by molar-refractivity contribution is 7.17. The number of carboxylic acid groups (broad SMARTS) is 1. The Kier molecular flexibility index (Phi) is 3.63. The first-order chi connectivity index (χ1) is 8.13. The fourth-order valence-corrected chi connectivity index (χ4v) is 3.00. The van der Waals surface area contributed by atoms with E-state index in [2.05, 4.69) is 16.8 Å². The Bertz CT molecular complexity index is 419. The highest BCUT2D eigenvalue weighted by atomic mass is 32.1. The van der Waals surface area contributed by atoms with Crippen LogP contribution in [0, 0.1) is 0 Å². The van der Waals surface area contributed by atoms with E-state index in [1.165, 1.54) is 11.3 Å². The molecule has 1 atom stereocenters. The number of rotatable bonds is 3. The van der Waals surface area contributed by atoms with E-state index in [1.54, 1.807) is 0 Å². The summed E-state index contributed by atoms with van der Waals surface area (Å²) in [6.07, 6.45) is 0.650. The van der Waals surface area contributed by atoms with Crippen molar-refractivity contribution in [3.8, 4) is 0 Å². The van der Waals surface area contributed by atoms with Crippen LogP contribution in [0.3, 0.4) is 0 Å². The molecular weight excluding hydrogens is 240 g/mol. The van der Waals surface area contributed by atoms with Crippen molar-refractivity contribution < 1.29 is 14.6 Å². The third-order valence-corrected chi connectivity index (χ3v) is 3.95. The second-order valence-corrected chi connectivity index (χ2v) is 5.03. The zero-order chi connectivity index (χ0) is 12.4. The Hall–Kier alpha value is -1.14. The Balaban J connectivity index is 2.29. The first kappa shape index (κ1) is 12.3. The molecule has 0 aromatic carbocycles. The van der Waals surface area contributed by atoms with Crippen molar-refractivity contribution in [2.45, 2.75) is 26.3 Å². The van der Waals surface area contributed by atoms with Gasteiger partial charge in [0.05, 0.1) is 24.9 Å². The third-order valence-electron chi connectivity index (χ3n) is 2.83. The van der Waals surface area contributed by atoms with Crippen molar-refractivity contribution in [3.63, 3.8) is 0 Å². The van der Waals surface area contributed by atoms with Crippen LogP contribution >= 0.6 is 11.3 Å². The topological polar surface area (TPSA) is 62.7 Å². The van der Waals surface area contributed by atoms with Crippen molar-refractivity contribution in [2.24, 2.45) is 0 Å². The van der Waals surface area contributed by atoms with Crippen molar-refractivity contribution in [1.29, 1.82) is 0 Å². The maximum absolute atomic E-state index is 11.1. The average molecular weight is 256 g/mol. The van der Waals surface area contributed by atoms with E-state index in [-0.39, 0.29) is 6.04 Å². The number of nitrogens with zero attached hydrogens (tertiary/aromatic N) is 2. The number of carboxylic acids is 1. The SMILES string of the molecule is CCc1nc(N2CCOCC2C)sc1C(=O)O. The van der Waals surface area contributed by atoms with Crippen LogP contribution in [-0.2, 0) is 11.2 Å². The lowest BCUT2D eigenvalue weighted by Crippen LogP contribution is -2.43. The summed E-state index contributed by atoms with van der Waals surface area (Å²) in [5.41, 5.74) is 0.677. The molecule has 1 N–H and O–H groups in total. The van der Waals surface area contributed by atoms with Crippen LogP contribution in [0.5, 0.6) is 0 Å². The molecule has 1 aromatic rings. The van der Waals surface area contributed by atoms with E-state index < -0.39 is 5.97 Å². The molecule has 1 aliphatic rings. The summed E-state index contributed by atoms with van der Waals surface area (Å²) in [5.74, 6) is -0.883. The van der Waals surface area contributed by atoms with Gasteiger partial charge >= 0.3 is 5.97 Å². The summed E-state index contributed by atoms with van der Waals surface area (Å²) in [6, 6.07) is 0.251. The molecule has 1 unspecified atom stereocenters. The standard InChI is InChI=1S/C11H16N2O3S/c1-3-8-9(10(14)15)17-11(12-8)13-4-5-16-6-7(13)2/h7H,3-6H2,1-2H3,(H,14,15). The van der Waals surface area contributed by atoms with E-state index in [4.69, 9.17) is 9.84 Å². The molecule has 1 aliphatic heterocycles. The minimum absolute atomic E-state index is 0.251. The first-order valence-corrected chi connectivity index (χ1v) is 6.52. The lowest BCUT2D eigenvalue weighted by Gasteiger charge is -2.32. The zero-order valence-electron chi connectivity index (χ0n) is 9.97. The van der Waals surface area contributed by atoms with Crippen LogP contribution in [0.2, 0.25) is 0 Å². The second kappa shape index (κ2) is 5.01. The molecule has 0 saturated carbocycles. The van der Waals surface area contributed by atoms with Gasteiger partial charge in [0.25, 0.3) is 0 Å². The molecule has 5 nitrogen and oxygen atoms in total. The molecule has 2 heterocycles. The van der Waals surface area contributed by atoms with Gasteiger partial charge in [-0.3, -0.25) is 0 Å². The fraction of sp³-hybridized carbons (Fsp3) is 0.636. The van der Waals surface area contributed by atoms with E-state index in [9.17, 15) is 4.79 Å². The van der Waals surface area contributed by atoms with Gasteiger partial charge in [-0.1, -0.05) is 18.3 Å². The molecule has 1 aromatic heterocycles. The number of carbonyl (C=O) groups is 1. The predicted octanol–water partition coefficient (Wildman–Crippen LogP) is 1.63. The van der Waals surface area contributed by atoms with E-state index >= 15 is 0 Å². The lowest BCUT2D eigenvalue weighted by atomic mass is 10.3. The van der Waals surface area contributed by atoms with Crippen LogP contribution in [0.15, 0.2) is 0 Å².